The van der Waals surface area contributed by atoms with Crippen molar-refractivity contribution in [2.75, 3.05) is 24.7 Å². The molecule has 0 aromatic heterocycles. The molecule has 0 atom stereocenters. The van der Waals surface area contributed by atoms with Gasteiger partial charge in [0.25, 0.3) is 0 Å². The van der Waals surface area contributed by atoms with Gasteiger partial charge in [-0.1, -0.05) is 19.9 Å². The summed E-state index contributed by atoms with van der Waals surface area (Å²) in [4.78, 5) is 0. The second kappa shape index (κ2) is 9.20. The molecule has 1 rings (SSSR count). The highest BCUT2D eigenvalue weighted by molar-refractivity contribution is 7.99. The second-order valence-corrected chi connectivity index (χ2v) is 5.90. The second-order valence-electron chi connectivity index (χ2n) is 4.51. The third-order valence-electron chi connectivity index (χ3n) is 2.82. The van der Waals surface area contributed by atoms with Gasteiger partial charge in [0.2, 0.25) is 0 Å². The molecule has 0 unspecified atom stereocenters. The lowest BCUT2D eigenvalue weighted by Crippen LogP contribution is -2.14. The van der Waals surface area contributed by atoms with E-state index < -0.39 is 11.7 Å². The molecule has 0 saturated heterocycles. The highest BCUT2D eigenvalue weighted by atomic mass is 32.2. The summed E-state index contributed by atoms with van der Waals surface area (Å²) in [5.41, 5.74) is -0.0842. The topological polar surface area (TPSA) is 21.3 Å². The van der Waals surface area contributed by atoms with Crippen molar-refractivity contribution >= 4 is 11.8 Å². The summed E-state index contributed by atoms with van der Waals surface area (Å²) < 4.78 is 44.5. The van der Waals surface area contributed by atoms with Gasteiger partial charge < -0.3 is 10.1 Å². The standard InChI is InChI=1S/C15H22F3NOS/c1-3-19-11-12-6-7-14(13(10-12)15(16,17)18)20-8-5-9-21-4-2/h6-7,10,19H,3-5,8-9,11H2,1-2H3. The Bertz CT molecular complexity index is 424. The van der Waals surface area contributed by atoms with Crippen molar-refractivity contribution < 1.29 is 17.9 Å². The molecule has 0 saturated carbocycles. The van der Waals surface area contributed by atoms with Crippen molar-refractivity contribution in [1.82, 2.24) is 5.32 Å². The third kappa shape index (κ3) is 6.61. The zero-order chi connectivity index (χ0) is 15.7. The summed E-state index contributed by atoms with van der Waals surface area (Å²) in [6.45, 7) is 5.41. The summed E-state index contributed by atoms with van der Waals surface area (Å²) >= 11 is 1.75. The van der Waals surface area contributed by atoms with Gasteiger partial charge in [-0.25, -0.2) is 0 Å². The van der Waals surface area contributed by atoms with Crippen LogP contribution in [0.3, 0.4) is 0 Å². The molecule has 1 N–H and O–H groups in total. The predicted octanol–water partition coefficient (Wildman–Crippen LogP) is 4.34. The number of hydrogen-bond donors (Lipinski definition) is 1. The summed E-state index contributed by atoms with van der Waals surface area (Å²) in [7, 11) is 0. The van der Waals surface area contributed by atoms with Crippen LogP contribution < -0.4 is 10.1 Å². The normalized spacial score (nSPS) is 11.7. The lowest BCUT2D eigenvalue weighted by molar-refractivity contribution is -0.139. The van der Waals surface area contributed by atoms with E-state index in [2.05, 4.69) is 12.2 Å². The number of thioether (sulfide) groups is 1. The fraction of sp³-hybridized carbons (Fsp3) is 0.600. The number of ether oxygens (including phenoxy) is 1. The van der Waals surface area contributed by atoms with Gasteiger partial charge in [-0.05, 0) is 42.2 Å². The zero-order valence-electron chi connectivity index (χ0n) is 12.4. The molecule has 6 heteroatoms. The van der Waals surface area contributed by atoms with Crippen molar-refractivity contribution in [3.05, 3.63) is 29.3 Å². The minimum Gasteiger partial charge on any atom is -0.493 e. The summed E-state index contributed by atoms with van der Waals surface area (Å²) in [6.07, 6.45) is -3.65. The van der Waals surface area contributed by atoms with E-state index in [0.29, 0.717) is 25.3 Å². The van der Waals surface area contributed by atoms with Crippen LogP contribution in [-0.2, 0) is 12.7 Å². The average molecular weight is 321 g/mol. The van der Waals surface area contributed by atoms with Crippen LogP contribution in [0.2, 0.25) is 0 Å². The highest BCUT2D eigenvalue weighted by Gasteiger charge is 2.34. The Morgan fingerprint density at radius 3 is 2.62 bits per heavy atom. The molecule has 0 radical (unpaired) electrons. The van der Waals surface area contributed by atoms with E-state index in [4.69, 9.17) is 4.74 Å². The third-order valence-corrected chi connectivity index (χ3v) is 3.81. The summed E-state index contributed by atoms with van der Waals surface area (Å²) in [5, 5.41) is 3.02. The van der Waals surface area contributed by atoms with Crippen LogP contribution in [0, 0.1) is 0 Å². The van der Waals surface area contributed by atoms with E-state index >= 15 is 0 Å². The van der Waals surface area contributed by atoms with E-state index in [-0.39, 0.29) is 5.75 Å². The molecule has 2 nitrogen and oxygen atoms in total. The maximum absolute atomic E-state index is 13.1. The molecule has 1 aromatic rings. The number of nitrogens with one attached hydrogen (secondary N) is 1. The molecule has 0 aliphatic rings. The molecule has 0 aliphatic carbocycles. The van der Waals surface area contributed by atoms with Gasteiger partial charge in [-0.3, -0.25) is 0 Å². The lowest BCUT2D eigenvalue weighted by Gasteiger charge is -2.15. The molecule has 0 spiro atoms. The van der Waals surface area contributed by atoms with Gasteiger partial charge >= 0.3 is 6.18 Å². The van der Waals surface area contributed by atoms with E-state index in [0.717, 1.165) is 17.9 Å². The van der Waals surface area contributed by atoms with Crippen molar-refractivity contribution in [3.8, 4) is 5.75 Å². The van der Waals surface area contributed by atoms with Gasteiger partial charge in [0.1, 0.15) is 5.75 Å². The molecule has 0 heterocycles. The van der Waals surface area contributed by atoms with Crippen molar-refractivity contribution in [3.63, 3.8) is 0 Å². The minimum atomic E-state index is -4.39. The first-order chi connectivity index (χ1) is 9.99. The van der Waals surface area contributed by atoms with E-state index in [1.165, 1.54) is 12.1 Å². The smallest absolute Gasteiger partial charge is 0.419 e. The SMILES string of the molecule is CCNCc1ccc(OCCCSCC)c(C(F)(F)F)c1. The largest absolute Gasteiger partial charge is 0.493 e. The molecule has 21 heavy (non-hydrogen) atoms. The fourth-order valence-electron chi connectivity index (χ4n) is 1.79. The van der Waals surface area contributed by atoms with Gasteiger partial charge in [0.05, 0.1) is 12.2 Å². The molecule has 0 aliphatic heterocycles. The minimum absolute atomic E-state index is 0.0794. The molecule has 0 bridgehead atoms. The predicted molar refractivity (Wildman–Crippen MR) is 81.9 cm³/mol. The van der Waals surface area contributed by atoms with Gasteiger partial charge in [0.15, 0.2) is 0 Å². The van der Waals surface area contributed by atoms with E-state index in [1.807, 2.05) is 6.92 Å². The molecule has 0 fully saturated rings. The molecule has 0 amide bonds. The first kappa shape index (κ1) is 18.2. The van der Waals surface area contributed by atoms with Gasteiger partial charge in [-0.2, -0.15) is 24.9 Å². The Kier molecular flexibility index (Phi) is 7.96. The van der Waals surface area contributed by atoms with Crippen molar-refractivity contribution in [2.24, 2.45) is 0 Å². The zero-order valence-corrected chi connectivity index (χ0v) is 13.2. The average Bonchev–Trinajstić information content (AvgIpc) is 2.44. The Labute approximate surface area is 128 Å². The van der Waals surface area contributed by atoms with Crippen LogP contribution >= 0.6 is 11.8 Å². The number of halogens is 3. The van der Waals surface area contributed by atoms with E-state index in [1.54, 1.807) is 17.8 Å². The van der Waals surface area contributed by atoms with Crippen LogP contribution in [0.1, 0.15) is 31.4 Å². The lowest BCUT2D eigenvalue weighted by atomic mass is 10.1. The van der Waals surface area contributed by atoms with E-state index in [9.17, 15) is 13.2 Å². The Balaban J connectivity index is 2.73. The van der Waals surface area contributed by atoms with Crippen molar-refractivity contribution in [1.29, 1.82) is 0 Å². The van der Waals surface area contributed by atoms with Crippen LogP contribution in [0.25, 0.3) is 0 Å². The number of alkyl halides is 3. The molecule has 120 valence electrons. The number of hydrogen-bond acceptors (Lipinski definition) is 3. The number of rotatable bonds is 9. The maximum atomic E-state index is 13.1. The Morgan fingerprint density at radius 2 is 2.00 bits per heavy atom. The van der Waals surface area contributed by atoms with Gasteiger partial charge in [0, 0.05) is 6.54 Å². The van der Waals surface area contributed by atoms with Crippen molar-refractivity contribution in [2.45, 2.75) is 33.0 Å². The first-order valence-electron chi connectivity index (χ1n) is 7.10. The Hall–Kier alpha value is -0.880. The molecular formula is C15H22F3NOS. The first-order valence-corrected chi connectivity index (χ1v) is 8.25. The van der Waals surface area contributed by atoms with Crippen LogP contribution in [-0.4, -0.2) is 24.7 Å². The summed E-state index contributed by atoms with van der Waals surface area (Å²) in [5.74, 6) is 1.83. The van der Waals surface area contributed by atoms with Crippen LogP contribution in [0.15, 0.2) is 18.2 Å². The monoisotopic (exact) mass is 321 g/mol. The fourth-order valence-corrected chi connectivity index (χ4v) is 2.40. The summed E-state index contributed by atoms with van der Waals surface area (Å²) in [6, 6.07) is 4.26. The van der Waals surface area contributed by atoms with Crippen LogP contribution in [0.5, 0.6) is 5.75 Å². The maximum Gasteiger partial charge on any atom is 0.419 e. The molecule has 1 aromatic carbocycles. The van der Waals surface area contributed by atoms with Gasteiger partial charge in [-0.15, -0.1) is 0 Å². The number of benzene rings is 1. The molecular weight excluding hydrogens is 299 g/mol. The van der Waals surface area contributed by atoms with Crippen LogP contribution in [0.4, 0.5) is 13.2 Å². The Morgan fingerprint density at radius 1 is 1.24 bits per heavy atom. The quantitative estimate of drug-likeness (QED) is 0.684. The highest BCUT2D eigenvalue weighted by Crippen LogP contribution is 2.37.